The molecule has 0 saturated heterocycles. The highest BCUT2D eigenvalue weighted by Crippen LogP contribution is 2.17. The highest BCUT2D eigenvalue weighted by molar-refractivity contribution is 5.95. The molecule has 0 bridgehead atoms. The van der Waals surface area contributed by atoms with Crippen molar-refractivity contribution in [1.82, 2.24) is 0 Å². The van der Waals surface area contributed by atoms with Crippen molar-refractivity contribution in [3.63, 3.8) is 0 Å². The van der Waals surface area contributed by atoms with Gasteiger partial charge < -0.3 is 14.3 Å². The van der Waals surface area contributed by atoms with Crippen molar-refractivity contribution in [3.05, 3.63) is 0 Å². The largest absolute Gasteiger partial charge is 0.468 e. The molecule has 14 heavy (non-hydrogen) atoms. The Bertz CT molecular complexity index is 207. The van der Waals surface area contributed by atoms with Crippen molar-refractivity contribution in [1.29, 1.82) is 0 Å². The minimum Gasteiger partial charge on any atom is -0.468 e. The molecule has 1 unspecified atom stereocenters. The third-order valence-electron chi connectivity index (χ3n) is 1.95. The lowest BCUT2D eigenvalue weighted by atomic mass is 9.92. The molecule has 1 atom stereocenters. The number of methoxy groups -OCH3 is 2. The van der Waals surface area contributed by atoms with Crippen LogP contribution in [0.1, 0.15) is 13.3 Å². The molecule has 0 radical (unpaired) electrons. The lowest BCUT2D eigenvalue weighted by Gasteiger charge is -2.17. The van der Waals surface area contributed by atoms with Gasteiger partial charge in [0.05, 0.1) is 14.2 Å². The molecule has 0 aromatic rings. The van der Waals surface area contributed by atoms with Crippen LogP contribution in [0.5, 0.6) is 0 Å². The maximum Gasteiger partial charge on any atom is 0.320 e. The van der Waals surface area contributed by atoms with E-state index in [1.165, 1.54) is 14.2 Å². The zero-order valence-corrected chi connectivity index (χ0v) is 8.48. The average Bonchev–Trinajstić information content (AvgIpc) is 2.17. The van der Waals surface area contributed by atoms with Gasteiger partial charge in [-0.3, -0.25) is 9.59 Å². The first-order valence-corrected chi connectivity index (χ1v) is 4.17. The number of carbonyl (C=O) groups is 3. The van der Waals surface area contributed by atoms with E-state index in [1.807, 2.05) is 0 Å². The van der Waals surface area contributed by atoms with Gasteiger partial charge in [0.1, 0.15) is 6.29 Å². The Balaban J connectivity index is 4.61. The lowest BCUT2D eigenvalue weighted by Crippen LogP contribution is -2.32. The van der Waals surface area contributed by atoms with Crippen molar-refractivity contribution in [2.24, 2.45) is 11.8 Å². The maximum absolute atomic E-state index is 11.2. The molecule has 80 valence electrons. The fourth-order valence-corrected chi connectivity index (χ4v) is 1.10. The van der Waals surface area contributed by atoms with Gasteiger partial charge >= 0.3 is 11.9 Å². The van der Waals surface area contributed by atoms with Crippen molar-refractivity contribution >= 4 is 18.2 Å². The number of hydrogen-bond donors (Lipinski definition) is 0. The molecule has 0 saturated carbocycles. The van der Waals surface area contributed by atoms with Crippen LogP contribution in [0, 0.1) is 11.8 Å². The first kappa shape index (κ1) is 12.6. The van der Waals surface area contributed by atoms with E-state index in [9.17, 15) is 14.4 Å². The smallest absolute Gasteiger partial charge is 0.320 e. The Morgan fingerprint density at radius 3 is 1.93 bits per heavy atom. The summed E-state index contributed by atoms with van der Waals surface area (Å²) in [4.78, 5) is 32.6. The molecular formula is C9H14O5. The average molecular weight is 202 g/mol. The van der Waals surface area contributed by atoms with E-state index in [0.29, 0.717) is 6.29 Å². The van der Waals surface area contributed by atoms with Gasteiger partial charge in [-0.1, -0.05) is 6.92 Å². The van der Waals surface area contributed by atoms with Crippen LogP contribution in [-0.4, -0.2) is 32.4 Å². The zero-order chi connectivity index (χ0) is 11.1. The van der Waals surface area contributed by atoms with Crippen molar-refractivity contribution in [2.45, 2.75) is 13.3 Å². The fraction of sp³-hybridized carbons (Fsp3) is 0.667. The second kappa shape index (κ2) is 6.12. The minimum absolute atomic E-state index is 0.120. The molecule has 0 spiro atoms. The molecule has 0 aliphatic carbocycles. The normalized spacial score (nSPS) is 12.0. The third-order valence-corrected chi connectivity index (χ3v) is 1.95. The van der Waals surface area contributed by atoms with Gasteiger partial charge in [-0.05, 0) is 5.92 Å². The van der Waals surface area contributed by atoms with E-state index in [2.05, 4.69) is 9.47 Å². The van der Waals surface area contributed by atoms with Crippen LogP contribution in [0.3, 0.4) is 0 Å². The Kier molecular flexibility index (Phi) is 5.52. The Labute approximate surface area is 82.4 Å². The number of carbonyl (C=O) groups excluding carboxylic acids is 3. The molecule has 0 heterocycles. The Morgan fingerprint density at radius 1 is 1.21 bits per heavy atom. The van der Waals surface area contributed by atoms with Crippen LogP contribution < -0.4 is 0 Å². The monoisotopic (exact) mass is 202 g/mol. The highest BCUT2D eigenvalue weighted by atomic mass is 16.5. The number of esters is 2. The molecule has 0 aromatic carbocycles. The van der Waals surface area contributed by atoms with Gasteiger partial charge in [-0.15, -0.1) is 0 Å². The number of aldehydes is 1. The highest BCUT2D eigenvalue weighted by Gasteiger charge is 2.33. The SMILES string of the molecule is COC(=O)C(C(=O)OC)C(C)CC=O. The molecule has 5 heteroatoms. The molecule has 0 aromatic heterocycles. The Hall–Kier alpha value is -1.39. The summed E-state index contributed by atoms with van der Waals surface area (Å²) < 4.78 is 8.89. The van der Waals surface area contributed by atoms with Crippen LogP contribution in [-0.2, 0) is 23.9 Å². The summed E-state index contributed by atoms with van der Waals surface area (Å²) in [5, 5.41) is 0. The van der Waals surface area contributed by atoms with E-state index >= 15 is 0 Å². The second-order valence-electron chi connectivity index (χ2n) is 2.90. The van der Waals surface area contributed by atoms with Gasteiger partial charge in [0.2, 0.25) is 0 Å². The molecule has 5 nitrogen and oxygen atoms in total. The van der Waals surface area contributed by atoms with E-state index in [0.717, 1.165) is 0 Å². The molecule has 0 N–H and O–H groups in total. The molecule has 0 rings (SSSR count). The summed E-state index contributed by atoms with van der Waals surface area (Å²) >= 11 is 0. The molecule has 0 amide bonds. The third kappa shape index (κ3) is 3.16. The number of rotatable bonds is 5. The predicted molar refractivity (Wildman–Crippen MR) is 47.4 cm³/mol. The van der Waals surface area contributed by atoms with Gasteiger partial charge in [-0.2, -0.15) is 0 Å². The van der Waals surface area contributed by atoms with Gasteiger partial charge in [0.15, 0.2) is 5.92 Å². The summed E-state index contributed by atoms with van der Waals surface area (Å²) in [6.07, 6.45) is 0.776. The van der Waals surface area contributed by atoms with Gasteiger partial charge in [0.25, 0.3) is 0 Å². The Morgan fingerprint density at radius 2 is 1.64 bits per heavy atom. The zero-order valence-electron chi connectivity index (χ0n) is 8.48. The van der Waals surface area contributed by atoms with Crippen molar-refractivity contribution < 1.29 is 23.9 Å². The quantitative estimate of drug-likeness (QED) is 0.361. The number of hydrogen-bond acceptors (Lipinski definition) is 5. The summed E-state index contributed by atoms with van der Waals surface area (Å²) in [6.45, 7) is 1.62. The molecule has 0 fully saturated rings. The van der Waals surface area contributed by atoms with E-state index in [-0.39, 0.29) is 6.42 Å². The number of ether oxygens (including phenoxy) is 2. The molecule has 0 aliphatic rings. The first-order chi connectivity index (χ1) is 6.58. The predicted octanol–water partition coefficient (Wildman–Crippen LogP) is 0.174. The lowest BCUT2D eigenvalue weighted by molar-refractivity contribution is -0.161. The maximum atomic E-state index is 11.2. The van der Waals surface area contributed by atoms with Crippen LogP contribution in [0.25, 0.3) is 0 Å². The first-order valence-electron chi connectivity index (χ1n) is 4.17. The molecular weight excluding hydrogens is 188 g/mol. The molecule has 0 aliphatic heterocycles. The van der Waals surface area contributed by atoms with Gasteiger partial charge in [0, 0.05) is 6.42 Å². The van der Waals surface area contributed by atoms with Gasteiger partial charge in [-0.25, -0.2) is 0 Å². The van der Waals surface area contributed by atoms with Crippen molar-refractivity contribution in [2.75, 3.05) is 14.2 Å². The topological polar surface area (TPSA) is 69.7 Å². The summed E-state index contributed by atoms with van der Waals surface area (Å²) in [6, 6.07) is 0. The van der Waals surface area contributed by atoms with Crippen molar-refractivity contribution in [3.8, 4) is 0 Å². The van der Waals surface area contributed by atoms with Crippen LogP contribution in [0.4, 0.5) is 0 Å². The van der Waals surface area contributed by atoms with E-state index in [1.54, 1.807) is 6.92 Å². The second-order valence-corrected chi connectivity index (χ2v) is 2.90. The van der Waals surface area contributed by atoms with Crippen LogP contribution >= 0.6 is 0 Å². The van der Waals surface area contributed by atoms with E-state index in [4.69, 9.17) is 0 Å². The van der Waals surface area contributed by atoms with Crippen LogP contribution in [0.2, 0.25) is 0 Å². The van der Waals surface area contributed by atoms with E-state index < -0.39 is 23.8 Å². The minimum atomic E-state index is -1.02. The van der Waals surface area contributed by atoms with Crippen LogP contribution in [0.15, 0.2) is 0 Å². The summed E-state index contributed by atoms with van der Waals surface area (Å²) in [5.74, 6) is -2.78. The summed E-state index contributed by atoms with van der Waals surface area (Å²) in [7, 11) is 2.37. The standard InChI is InChI=1S/C9H14O5/c1-6(4-5-10)7(8(11)13-2)9(12)14-3/h5-7H,4H2,1-3H3. The summed E-state index contributed by atoms with van der Waals surface area (Å²) in [5.41, 5.74) is 0. The fourth-order valence-electron chi connectivity index (χ4n) is 1.10.